The number of hydrogen-bond acceptors (Lipinski definition) is 3. The van der Waals surface area contributed by atoms with E-state index in [0.717, 1.165) is 27.9 Å². The van der Waals surface area contributed by atoms with E-state index in [4.69, 9.17) is 4.74 Å². The lowest BCUT2D eigenvalue weighted by Crippen LogP contribution is -1.96. The second-order valence-electron chi connectivity index (χ2n) is 6.50. The van der Waals surface area contributed by atoms with E-state index in [9.17, 15) is 5.26 Å². The van der Waals surface area contributed by atoms with E-state index in [1.165, 1.54) is 0 Å². The number of benzene rings is 3. The highest BCUT2D eigenvalue weighted by Crippen LogP contribution is 2.23. The number of hydrogen-bond donors (Lipinski definition) is 0. The molecule has 0 aliphatic carbocycles. The molecule has 4 rings (SSSR count). The Balaban J connectivity index is 1.55. The maximum atomic E-state index is 9.66. The first kappa shape index (κ1) is 17.6. The number of para-hydroxylation sites is 2. The van der Waals surface area contributed by atoms with Crippen LogP contribution in [0.25, 0.3) is 22.7 Å². The van der Waals surface area contributed by atoms with E-state index in [2.05, 4.69) is 11.1 Å². The standard InChI is InChI=1S/C24H19N3O/c1-27-23-10-6-5-9-22(23)26-24(27)20(16-25)15-18-11-13-21(14-12-18)28-17-19-7-3-2-4-8-19/h2-15H,17H2,1H3/b20-15+. The molecule has 0 radical (unpaired) electrons. The van der Waals surface area contributed by atoms with Crippen LogP contribution in [0.1, 0.15) is 17.0 Å². The van der Waals surface area contributed by atoms with Crippen LogP contribution in [0.3, 0.4) is 0 Å². The maximum Gasteiger partial charge on any atom is 0.151 e. The molecule has 1 aromatic heterocycles. The van der Waals surface area contributed by atoms with Crippen molar-refractivity contribution in [1.82, 2.24) is 9.55 Å². The summed E-state index contributed by atoms with van der Waals surface area (Å²) in [6, 6.07) is 27.9. The van der Waals surface area contributed by atoms with Gasteiger partial charge in [0, 0.05) is 7.05 Å². The summed E-state index contributed by atoms with van der Waals surface area (Å²) in [5, 5.41) is 9.66. The van der Waals surface area contributed by atoms with Crippen LogP contribution in [0.15, 0.2) is 78.9 Å². The molecule has 0 atom stereocenters. The molecule has 0 unspecified atom stereocenters. The summed E-state index contributed by atoms with van der Waals surface area (Å²) in [4.78, 5) is 4.61. The van der Waals surface area contributed by atoms with Gasteiger partial charge in [-0.1, -0.05) is 54.6 Å². The van der Waals surface area contributed by atoms with Gasteiger partial charge in [0.05, 0.1) is 16.6 Å². The van der Waals surface area contributed by atoms with Gasteiger partial charge in [0.1, 0.15) is 18.4 Å². The van der Waals surface area contributed by atoms with Gasteiger partial charge >= 0.3 is 0 Å². The zero-order valence-electron chi connectivity index (χ0n) is 15.5. The van der Waals surface area contributed by atoms with Crippen LogP contribution in [-0.4, -0.2) is 9.55 Å². The highest BCUT2D eigenvalue weighted by atomic mass is 16.5. The van der Waals surface area contributed by atoms with Crippen LogP contribution in [0.5, 0.6) is 5.75 Å². The number of aromatic nitrogens is 2. The smallest absolute Gasteiger partial charge is 0.151 e. The molecule has 1 heterocycles. The Morgan fingerprint density at radius 1 is 1.00 bits per heavy atom. The third-order valence-electron chi connectivity index (χ3n) is 4.59. The number of fused-ring (bicyclic) bond motifs is 1. The van der Waals surface area contributed by atoms with E-state index in [0.29, 0.717) is 18.0 Å². The Kier molecular flexibility index (Phi) is 4.90. The largest absolute Gasteiger partial charge is 0.489 e. The van der Waals surface area contributed by atoms with Crippen molar-refractivity contribution in [1.29, 1.82) is 5.26 Å². The number of allylic oxidation sites excluding steroid dienone is 1. The average molecular weight is 365 g/mol. The monoisotopic (exact) mass is 365 g/mol. The number of imidazole rings is 1. The van der Waals surface area contributed by atoms with E-state index >= 15 is 0 Å². The molecule has 3 aromatic carbocycles. The highest BCUT2D eigenvalue weighted by Gasteiger charge is 2.11. The van der Waals surface area contributed by atoms with Crippen molar-refractivity contribution < 1.29 is 4.74 Å². The molecule has 0 N–H and O–H groups in total. The zero-order valence-corrected chi connectivity index (χ0v) is 15.5. The summed E-state index contributed by atoms with van der Waals surface area (Å²) < 4.78 is 7.77. The molecular formula is C24H19N3O. The quantitative estimate of drug-likeness (QED) is 0.456. The Bertz CT molecular complexity index is 1170. The molecule has 0 fully saturated rings. The number of rotatable bonds is 5. The second kappa shape index (κ2) is 7.81. The Hall–Kier alpha value is -3.84. The van der Waals surface area contributed by atoms with Crippen LogP contribution in [0, 0.1) is 11.3 Å². The van der Waals surface area contributed by atoms with Crippen LogP contribution in [0.2, 0.25) is 0 Å². The predicted molar refractivity (Wildman–Crippen MR) is 111 cm³/mol. The number of ether oxygens (including phenoxy) is 1. The minimum absolute atomic E-state index is 0.525. The van der Waals surface area contributed by atoms with Gasteiger partial charge in [-0.15, -0.1) is 0 Å². The van der Waals surface area contributed by atoms with E-state index in [1.54, 1.807) is 0 Å². The summed E-state index contributed by atoms with van der Waals surface area (Å²) in [5.74, 6) is 1.45. The van der Waals surface area contributed by atoms with E-state index in [1.807, 2.05) is 96.6 Å². The molecule has 4 heteroatoms. The van der Waals surface area contributed by atoms with Crippen molar-refractivity contribution in [2.45, 2.75) is 6.61 Å². The van der Waals surface area contributed by atoms with Gasteiger partial charge in [0.25, 0.3) is 0 Å². The fraction of sp³-hybridized carbons (Fsp3) is 0.0833. The molecule has 0 spiro atoms. The van der Waals surface area contributed by atoms with Gasteiger partial charge in [-0.3, -0.25) is 0 Å². The Morgan fingerprint density at radius 2 is 1.71 bits per heavy atom. The molecule has 0 saturated heterocycles. The molecule has 136 valence electrons. The molecule has 4 nitrogen and oxygen atoms in total. The van der Waals surface area contributed by atoms with Crippen molar-refractivity contribution >= 4 is 22.7 Å². The Labute approximate surface area is 164 Å². The Morgan fingerprint density at radius 3 is 2.43 bits per heavy atom. The molecule has 0 aliphatic heterocycles. The fourth-order valence-corrected chi connectivity index (χ4v) is 3.10. The first-order valence-corrected chi connectivity index (χ1v) is 9.05. The topological polar surface area (TPSA) is 50.8 Å². The number of nitriles is 1. The summed E-state index contributed by atoms with van der Waals surface area (Å²) in [5.41, 5.74) is 4.46. The van der Waals surface area contributed by atoms with Gasteiger partial charge in [0.15, 0.2) is 5.82 Å². The predicted octanol–water partition coefficient (Wildman–Crippen LogP) is 5.22. The summed E-state index contributed by atoms with van der Waals surface area (Å²) in [6.07, 6.45) is 1.85. The second-order valence-corrected chi connectivity index (χ2v) is 6.50. The van der Waals surface area contributed by atoms with Crippen LogP contribution < -0.4 is 4.74 Å². The van der Waals surface area contributed by atoms with E-state index in [-0.39, 0.29) is 0 Å². The minimum atomic E-state index is 0.525. The van der Waals surface area contributed by atoms with Crippen molar-refractivity contribution in [2.75, 3.05) is 0 Å². The van der Waals surface area contributed by atoms with Crippen molar-refractivity contribution in [3.8, 4) is 11.8 Å². The van der Waals surface area contributed by atoms with Crippen LogP contribution >= 0.6 is 0 Å². The van der Waals surface area contributed by atoms with Gasteiger partial charge in [-0.2, -0.15) is 5.26 Å². The first-order valence-electron chi connectivity index (χ1n) is 9.05. The molecule has 4 aromatic rings. The van der Waals surface area contributed by atoms with Crippen molar-refractivity contribution in [2.24, 2.45) is 7.05 Å². The SMILES string of the molecule is Cn1c(/C(C#N)=C/c2ccc(OCc3ccccc3)cc2)nc2ccccc21. The fourth-order valence-electron chi connectivity index (χ4n) is 3.10. The zero-order chi connectivity index (χ0) is 19.3. The first-order chi connectivity index (χ1) is 13.7. The normalized spacial score (nSPS) is 11.4. The number of aryl methyl sites for hydroxylation is 1. The molecule has 0 bridgehead atoms. The van der Waals surface area contributed by atoms with E-state index < -0.39 is 0 Å². The molecular weight excluding hydrogens is 346 g/mol. The summed E-state index contributed by atoms with van der Waals surface area (Å²) in [6.45, 7) is 0.527. The number of nitrogens with zero attached hydrogens (tertiary/aromatic N) is 3. The van der Waals surface area contributed by atoms with Gasteiger partial charge < -0.3 is 9.30 Å². The van der Waals surface area contributed by atoms with Crippen LogP contribution in [0.4, 0.5) is 0 Å². The van der Waals surface area contributed by atoms with Crippen molar-refractivity contribution in [3.63, 3.8) is 0 Å². The minimum Gasteiger partial charge on any atom is -0.489 e. The molecule has 28 heavy (non-hydrogen) atoms. The van der Waals surface area contributed by atoms with Gasteiger partial charge in [-0.05, 0) is 41.5 Å². The third kappa shape index (κ3) is 3.65. The lowest BCUT2D eigenvalue weighted by atomic mass is 10.1. The summed E-state index contributed by atoms with van der Waals surface area (Å²) in [7, 11) is 1.93. The third-order valence-corrected chi connectivity index (χ3v) is 4.59. The lowest BCUT2D eigenvalue weighted by molar-refractivity contribution is 0.306. The van der Waals surface area contributed by atoms with Crippen LogP contribution in [-0.2, 0) is 13.7 Å². The van der Waals surface area contributed by atoms with Gasteiger partial charge in [-0.25, -0.2) is 4.98 Å². The average Bonchev–Trinajstić information content (AvgIpc) is 3.09. The molecule has 0 amide bonds. The van der Waals surface area contributed by atoms with Gasteiger partial charge in [0.2, 0.25) is 0 Å². The molecule has 0 saturated carbocycles. The van der Waals surface area contributed by atoms with Crippen molar-refractivity contribution in [3.05, 3.63) is 95.8 Å². The highest BCUT2D eigenvalue weighted by molar-refractivity contribution is 5.90. The maximum absolute atomic E-state index is 9.66. The molecule has 0 aliphatic rings. The summed E-state index contributed by atoms with van der Waals surface area (Å²) >= 11 is 0. The lowest BCUT2D eigenvalue weighted by Gasteiger charge is -2.06.